The van der Waals surface area contributed by atoms with Crippen LogP contribution in [0.1, 0.15) is 34.7 Å². The van der Waals surface area contributed by atoms with Crippen LogP contribution in [-0.4, -0.2) is 11.9 Å². The average molecular weight is 356 g/mol. The highest BCUT2D eigenvalue weighted by Gasteiger charge is 2.37. The summed E-state index contributed by atoms with van der Waals surface area (Å²) in [4.78, 5) is 12.3. The van der Waals surface area contributed by atoms with E-state index in [9.17, 15) is 13.6 Å². The Labute approximate surface area is 142 Å². The summed E-state index contributed by atoms with van der Waals surface area (Å²) in [5.41, 5.74) is 0.321. The minimum atomic E-state index is -0.585. The molecule has 0 spiro atoms. The Morgan fingerprint density at radius 1 is 1.09 bits per heavy atom. The summed E-state index contributed by atoms with van der Waals surface area (Å²) < 4.78 is 27.8. The van der Waals surface area contributed by atoms with E-state index in [1.807, 2.05) is 0 Å². The number of amides is 1. The molecule has 0 aliphatic heterocycles. The van der Waals surface area contributed by atoms with Crippen LogP contribution in [0.3, 0.4) is 0 Å². The zero-order chi connectivity index (χ0) is 16.6. The van der Waals surface area contributed by atoms with Gasteiger partial charge < -0.3 is 5.32 Å². The van der Waals surface area contributed by atoms with Gasteiger partial charge in [0.2, 0.25) is 0 Å². The molecule has 1 N–H and O–H groups in total. The molecule has 0 unspecified atom stereocenters. The standard InChI is InChI=1S/C17H13Cl2F2NO/c18-9-4-5-10(12(19)8-9)17(23)22-15-7-6-11(15)16-13(20)2-1-3-14(16)21/h1-5,8,11,15H,6-7H2,(H,22,23)/t11-,15+/m0/s1. The van der Waals surface area contributed by atoms with Crippen molar-refractivity contribution in [3.05, 3.63) is 69.2 Å². The molecule has 2 nitrogen and oxygen atoms in total. The van der Waals surface area contributed by atoms with Crippen LogP contribution in [0.25, 0.3) is 0 Å². The normalized spacial score (nSPS) is 20.0. The van der Waals surface area contributed by atoms with E-state index in [0.717, 1.165) is 0 Å². The van der Waals surface area contributed by atoms with Gasteiger partial charge in [-0.3, -0.25) is 4.79 Å². The molecule has 0 heterocycles. The summed E-state index contributed by atoms with van der Waals surface area (Å²) >= 11 is 11.8. The molecule has 2 atom stereocenters. The smallest absolute Gasteiger partial charge is 0.253 e. The van der Waals surface area contributed by atoms with Crippen LogP contribution in [0.15, 0.2) is 36.4 Å². The van der Waals surface area contributed by atoms with E-state index in [2.05, 4.69) is 5.32 Å². The second kappa shape index (κ2) is 6.46. The summed E-state index contributed by atoms with van der Waals surface area (Å²) in [6, 6.07) is 8.03. The Morgan fingerprint density at radius 3 is 2.35 bits per heavy atom. The number of nitrogens with one attached hydrogen (secondary N) is 1. The van der Waals surface area contributed by atoms with Gasteiger partial charge in [0.05, 0.1) is 10.6 Å². The van der Waals surface area contributed by atoms with Gasteiger partial charge >= 0.3 is 0 Å². The van der Waals surface area contributed by atoms with Gasteiger partial charge in [-0.15, -0.1) is 0 Å². The quantitative estimate of drug-likeness (QED) is 0.829. The zero-order valence-electron chi connectivity index (χ0n) is 12.0. The molecule has 6 heteroatoms. The summed E-state index contributed by atoms with van der Waals surface area (Å²) in [5, 5.41) is 3.47. The number of halogens is 4. The number of hydrogen-bond acceptors (Lipinski definition) is 1. The van der Waals surface area contributed by atoms with E-state index in [1.165, 1.54) is 30.3 Å². The number of carbonyl (C=O) groups is 1. The van der Waals surface area contributed by atoms with Crippen LogP contribution in [0, 0.1) is 11.6 Å². The second-order valence-electron chi connectivity index (χ2n) is 5.52. The van der Waals surface area contributed by atoms with Gasteiger partial charge in [0.1, 0.15) is 11.6 Å². The lowest BCUT2D eigenvalue weighted by molar-refractivity contribution is 0.0902. The molecule has 1 saturated carbocycles. The Morgan fingerprint density at radius 2 is 1.78 bits per heavy atom. The number of hydrogen-bond donors (Lipinski definition) is 1. The van der Waals surface area contributed by atoms with E-state index < -0.39 is 11.6 Å². The highest BCUT2D eigenvalue weighted by atomic mass is 35.5. The van der Waals surface area contributed by atoms with Crippen molar-refractivity contribution in [1.82, 2.24) is 5.32 Å². The number of benzene rings is 2. The third kappa shape index (κ3) is 3.19. The van der Waals surface area contributed by atoms with E-state index in [-0.39, 0.29) is 34.0 Å². The molecule has 0 radical (unpaired) electrons. The van der Waals surface area contributed by atoms with Gasteiger partial charge in [-0.2, -0.15) is 0 Å². The lowest BCUT2D eigenvalue weighted by Gasteiger charge is -2.37. The molecular weight excluding hydrogens is 343 g/mol. The molecule has 0 saturated heterocycles. The highest BCUT2D eigenvalue weighted by molar-refractivity contribution is 6.36. The second-order valence-corrected chi connectivity index (χ2v) is 6.37. The minimum absolute atomic E-state index is 0.0336. The fourth-order valence-corrected chi connectivity index (χ4v) is 3.30. The van der Waals surface area contributed by atoms with Crippen LogP contribution < -0.4 is 5.32 Å². The van der Waals surface area contributed by atoms with Crippen LogP contribution in [0.5, 0.6) is 0 Å². The molecule has 2 aromatic rings. The fourth-order valence-electron chi connectivity index (χ4n) is 2.80. The Kier molecular flexibility index (Phi) is 4.55. The molecule has 23 heavy (non-hydrogen) atoms. The highest BCUT2D eigenvalue weighted by Crippen LogP contribution is 2.39. The third-order valence-electron chi connectivity index (χ3n) is 4.14. The summed E-state index contributed by atoms with van der Waals surface area (Å²) in [5.74, 6) is -1.92. The van der Waals surface area contributed by atoms with Gasteiger partial charge in [-0.25, -0.2) is 8.78 Å². The lowest BCUT2D eigenvalue weighted by Crippen LogP contribution is -2.46. The van der Waals surface area contributed by atoms with Crippen LogP contribution >= 0.6 is 23.2 Å². The van der Waals surface area contributed by atoms with Crippen molar-refractivity contribution in [3.8, 4) is 0 Å². The third-order valence-corrected chi connectivity index (χ3v) is 4.68. The van der Waals surface area contributed by atoms with E-state index in [0.29, 0.717) is 17.9 Å². The monoisotopic (exact) mass is 355 g/mol. The van der Waals surface area contributed by atoms with Gasteiger partial charge in [-0.05, 0) is 43.2 Å². The minimum Gasteiger partial charge on any atom is -0.349 e. The summed E-state index contributed by atoms with van der Waals surface area (Å²) in [6.07, 6.45) is 1.28. The largest absolute Gasteiger partial charge is 0.349 e. The van der Waals surface area contributed by atoms with Crippen molar-refractivity contribution in [1.29, 1.82) is 0 Å². The summed E-state index contributed by atoms with van der Waals surface area (Å²) in [7, 11) is 0. The summed E-state index contributed by atoms with van der Waals surface area (Å²) in [6.45, 7) is 0. The Bertz CT molecular complexity index is 746. The molecule has 0 aromatic heterocycles. The fraction of sp³-hybridized carbons (Fsp3) is 0.235. The predicted molar refractivity (Wildman–Crippen MR) is 86.0 cm³/mol. The topological polar surface area (TPSA) is 29.1 Å². The predicted octanol–water partition coefficient (Wildman–Crippen LogP) is 4.95. The molecule has 1 amide bonds. The van der Waals surface area contributed by atoms with Gasteiger partial charge in [0.25, 0.3) is 5.91 Å². The van der Waals surface area contributed by atoms with Crippen molar-refractivity contribution < 1.29 is 13.6 Å². The molecule has 0 bridgehead atoms. The van der Waals surface area contributed by atoms with Crippen LogP contribution in [0.4, 0.5) is 8.78 Å². The van der Waals surface area contributed by atoms with Crippen LogP contribution in [-0.2, 0) is 0 Å². The first kappa shape index (κ1) is 16.2. The van der Waals surface area contributed by atoms with E-state index in [1.54, 1.807) is 6.07 Å². The zero-order valence-corrected chi connectivity index (χ0v) is 13.5. The van der Waals surface area contributed by atoms with Crippen molar-refractivity contribution in [3.63, 3.8) is 0 Å². The first-order valence-electron chi connectivity index (χ1n) is 7.17. The van der Waals surface area contributed by atoms with Gasteiger partial charge in [0, 0.05) is 22.5 Å². The number of rotatable bonds is 3. The lowest BCUT2D eigenvalue weighted by atomic mass is 9.74. The first-order valence-corrected chi connectivity index (χ1v) is 7.93. The SMILES string of the molecule is O=C(N[C@@H]1CC[C@@H]1c1c(F)cccc1F)c1ccc(Cl)cc1Cl. The van der Waals surface area contributed by atoms with Gasteiger partial charge in [0.15, 0.2) is 0 Å². The maximum atomic E-state index is 13.9. The molecule has 1 aliphatic rings. The molecule has 2 aromatic carbocycles. The van der Waals surface area contributed by atoms with Crippen molar-refractivity contribution >= 4 is 29.1 Å². The van der Waals surface area contributed by atoms with Gasteiger partial charge in [-0.1, -0.05) is 29.3 Å². The van der Waals surface area contributed by atoms with Crippen LogP contribution in [0.2, 0.25) is 10.0 Å². The molecule has 1 aliphatic carbocycles. The maximum absolute atomic E-state index is 13.9. The van der Waals surface area contributed by atoms with E-state index in [4.69, 9.17) is 23.2 Å². The van der Waals surface area contributed by atoms with Crippen molar-refractivity contribution in [2.45, 2.75) is 24.8 Å². The number of carbonyl (C=O) groups excluding carboxylic acids is 1. The first-order chi connectivity index (χ1) is 11.0. The Hall–Kier alpha value is -1.65. The molecule has 1 fully saturated rings. The van der Waals surface area contributed by atoms with E-state index >= 15 is 0 Å². The average Bonchev–Trinajstić information content (AvgIpc) is 2.47. The Balaban J connectivity index is 1.77. The molecular formula is C17H13Cl2F2NO. The molecule has 120 valence electrons. The maximum Gasteiger partial charge on any atom is 0.253 e. The van der Waals surface area contributed by atoms with Crippen molar-refractivity contribution in [2.75, 3.05) is 0 Å². The molecule has 3 rings (SSSR count). The van der Waals surface area contributed by atoms with Crippen molar-refractivity contribution in [2.24, 2.45) is 0 Å².